The number of carbonyl (C=O) groups is 1. The van der Waals surface area contributed by atoms with Crippen LogP contribution in [0.4, 0.5) is 0 Å². The molecule has 0 unspecified atom stereocenters. The van der Waals surface area contributed by atoms with Gasteiger partial charge in [0.15, 0.2) is 5.76 Å². The third kappa shape index (κ3) is 2.87. The highest BCUT2D eigenvalue weighted by Gasteiger charge is 2.34. The molecule has 100 valence electrons. The number of ether oxygens (including phenoxy) is 1. The van der Waals surface area contributed by atoms with Gasteiger partial charge in [-0.05, 0) is 25.0 Å². The zero-order chi connectivity index (χ0) is 13.0. The molecule has 0 bridgehead atoms. The van der Waals surface area contributed by atoms with Crippen LogP contribution in [0, 0.1) is 0 Å². The fraction of sp³-hybridized carbons (Fsp3) is 0.615. The van der Waals surface area contributed by atoms with Crippen molar-refractivity contribution < 1.29 is 13.9 Å². The highest BCUT2D eigenvalue weighted by Crippen LogP contribution is 2.23. The zero-order valence-electron chi connectivity index (χ0n) is 10.5. The van der Waals surface area contributed by atoms with E-state index in [2.05, 4.69) is 5.32 Å². The SMILES string of the molecule is CCc1ccc(C(=O)NC2(CCl)CCOCC2)o1. The maximum Gasteiger partial charge on any atom is 0.287 e. The molecule has 2 heterocycles. The van der Waals surface area contributed by atoms with Crippen LogP contribution in [-0.2, 0) is 11.2 Å². The van der Waals surface area contributed by atoms with Crippen LogP contribution >= 0.6 is 11.6 Å². The Morgan fingerprint density at radius 3 is 2.72 bits per heavy atom. The third-order valence-electron chi connectivity index (χ3n) is 3.32. The standard InChI is InChI=1S/C13H18ClNO3/c1-2-10-3-4-11(18-10)12(16)15-13(9-14)5-7-17-8-6-13/h3-4H,2,5-9H2,1H3,(H,15,16). The number of hydrogen-bond donors (Lipinski definition) is 1. The largest absolute Gasteiger partial charge is 0.456 e. The van der Waals surface area contributed by atoms with Crippen molar-refractivity contribution in [2.45, 2.75) is 31.7 Å². The quantitative estimate of drug-likeness (QED) is 0.856. The molecule has 4 nitrogen and oxygen atoms in total. The minimum absolute atomic E-state index is 0.197. The van der Waals surface area contributed by atoms with E-state index < -0.39 is 0 Å². The molecule has 0 spiro atoms. The van der Waals surface area contributed by atoms with Crippen LogP contribution in [0.5, 0.6) is 0 Å². The van der Waals surface area contributed by atoms with Gasteiger partial charge in [0.05, 0.1) is 5.54 Å². The number of rotatable bonds is 4. The lowest BCUT2D eigenvalue weighted by atomic mass is 9.92. The Hall–Kier alpha value is -1.00. The number of nitrogens with one attached hydrogen (secondary N) is 1. The van der Waals surface area contributed by atoms with Gasteiger partial charge in [-0.25, -0.2) is 0 Å². The van der Waals surface area contributed by atoms with Crippen LogP contribution in [0.3, 0.4) is 0 Å². The summed E-state index contributed by atoms with van der Waals surface area (Å²) in [6.07, 6.45) is 2.26. The average Bonchev–Trinajstić information content (AvgIpc) is 2.88. The van der Waals surface area contributed by atoms with E-state index in [1.54, 1.807) is 6.07 Å². The Labute approximate surface area is 112 Å². The van der Waals surface area contributed by atoms with Crippen LogP contribution in [0.15, 0.2) is 16.5 Å². The lowest BCUT2D eigenvalue weighted by Crippen LogP contribution is -2.53. The Balaban J connectivity index is 2.04. The summed E-state index contributed by atoms with van der Waals surface area (Å²) < 4.78 is 10.7. The van der Waals surface area contributed by atoms with E-state index in [9.17, 15) is 4.79 Å². The number of furan rings is 1. The molecule has 0 saturated carbocycles. The fourth-order valence-electron chi connectivity index (χ4n) is 2.05. The first-order valence-electron chi connectivity index (χ1n) is 6.24. The topological polar surface area (TPSA) is 51.5 Å². The van der Waals surface area contributed by atoms with Gasteiger partial charge in [-0.3, -0.25) is 4.79 Å². The smallest absolute Gasteiger partial charge is 0.287 e. The molecule has 1 aromatic heterocycles. The van der Waals surface area contributed by atoms with Crippen LogP contribution in [0.25, 0.3) is 0 Å². The molecule has 1 saturated heterocycles. The molecule has 18 heavy (non-hydrogen) atoms. The van der Waals surface area contributed by atoms with Crippen molar-refractivity contribution in [3.05, 3.63) is 23.7 Å². The second-order valence-electron chi connectivity index (χ2n) is 4.60. The van der Waals surface area contributed by atoms with Crippen molar-refractivity contribution >= 4 is 17.5 Å². The molecule has 1 aliphatic heterocycles. The fourth-order valence-corrected chi connectivity index (χ4v) is 2.38. The maximum absolute atomic E-state index is 12.1. The number of carbonyl (C=O) groups excluding carboxylic acids is 1. The Morgan fingerprint density at radius 2 is 2.17 bits per heavy atom. The first-order chi connectivity index (χ1) is 8.69. The number of hydrogen-bond acceptors (Lipinski definition) is 3. The van der Waals surface area contributed by atoms with Gasteiger partial charge in [-0.2, -0.15) is 0 Å². The molecule has 0 aliphatic carbocycles. The van der Waals surface area contributed by atoms with Gasteiger partial charge >= 0.3 is 0 Å². The number of halogens is 1. The molecule has 0 atom stereocenters. The normalized spacial score (nSPS) is 18.6. The summed E-state index contributed by atoms with van der Waals surface area (Å²) in [4.78, 5) is 12.1. The minimum Gasteiger partial charge on any atom is -0.456 e. The van der Waals surface area contributed by atoms with E-state index in [0.29, 0.717) is 24.9 Å². The van der Waals surface area contributed by atoms with Crippen molar-refractivity contribution in [3.63, 3.8) is 0 Å². The predicted octanol–water partition coefficient (Wildman–Crippen LogP) is 2.36. The van der Waals surface area contributed by atoms with Crippen LogP contribution in [-0.4, -0.2) is 30.5 Å². The molecule has 1 aromatic rings. The van der Waals surface area contributed by atoms with Gasteiger partial charge in [-0.1, -0.05) is 6.92 Å². The van der Waals surface area contributed by atoms with Crippen molar-refractivity contribution in [2.24, 2.45) is 0 Å². The second-order valence-corrected chi connectivity index (χ2v) is 4.87. The van der Waals surface area contributed by atoms with Gasteiger partial charge < -0.3 is 14.5 Å². The van der Waals surface area contributed by atoms with E-state index in [1.165, 1.54) is 0 Å². The number of aryl methyl sites for hydroxylation is 1. The summed E-state index contributed by atoms with van der Waals surface area (Å²) in [5.74, 6) is 1.36. The molecule has 1 amide bonds. The van der Waals surface area contributed by atoms with Gasteiger partial charge in [0.25, 0.3) is 5.91 Å². The molecule has 0 aromatic carbocycles. The lowest BCUT2D eigenvalue weighted by Gasteiger charge is -2.35. The van der Waals surface area contributed by atoms with Gasteiger partial charge in [-0.15, -0.1) is 11.6 Å². The predicted molar refractivity (Wildman–Crippen MR) is 69.1 cm³/mol. The molecule has 1 N–H and O–H groups in total. The summed E-state index contributed by atoms with van der Waals surface area (Å²) in [6, 6.07) is 3.53. The highest BCUT2D eigenvalue weighted by atomic mass is 35.5. The van der Waals surface area contributed by atoms with E-state index in [-0.39, 0.29) is 11.4 Å². The molecular weight excluding hydrogens is 254 g/mol. The second kappa shape index (κ2) is 5.76. The summed E-state index contributed by atoms with van der Waals surface area (Å²) >= 11 is 6.00. The Morgan fingerprint density at radius 1 is 1.44 bits per heavy atom. The molecule has 1 fully saturated rings. The van der Waals surface area contributed by atoms with E-state index in [4.69, 9.17) is 20.8 Å². The van der Waals surface area contributed by atoms with Crippen molar-refractivity contribution in [1.82, 2.24) is 5.32 Å². The molecule has 0 radical (unpaired) electrons. The molecular formula is C13H18ClNO3. The Kier molecular flexibility index (Phi) is 4.30. The highest BCUT2D eigenvalue weighted by molar-refractivity contribution is 6.18. The summed E-state index contributed by atoms with van der Waals surface area (Å²) in [7, 11) is 0. The van der Waals surface area contributed by atoms with E-state index >= 15 is 0 Å². The number of amides is 1. The lowest BCUT2D eigenvalue weighted by molar-refractivity contribution is 0.0425. The molecule has 2 rings (SSSR count). The zero-order valence-corrected chi connectivity index (χ0v) is 11.3. The van der Waals surface area contributed by atoms with Gasteiger partial charge in [0.2, 0.25) is 0 Å². The summed E-state index contributed by atoms with van der Waals surface area (Å²) in [6.45, 7) is 3.25. The Bertz CT molecular complexity index is 410. The molecule has 1 aliphatic rings. The van der Waals surface area contributed by atoms with Crippen LogP contribution in [0.2, 0.25) is 0 Å². The first kappa shape index (κ1) is 13.4. The maximum atomic E-state index is 12.1. The van der Waals surface area contributed by atoms with Gasteiger partial charge in [0.1, 0.15) is 5.76 Å². The van der Waals surface area contributed by atoms with Crippen molar-refractivity contribution in [2.75, 3.05) is 19.1 Å². The van der Waals surface area contributed by atoms with Crippen molar-refractivity contribution in [3.8, 4) is 0 Å². The third-order valence-corrected chi connectivity index (χ3v) is 3.83. The number of alkyl halides is 1. The van der Waals surface area contributed by atoms with E-state index in [0.717, 1.165) is 25.0 Å². The summed E-state index contributed by atoms with van der Waals surface area (Å²) in [5, 5.41) is 2.99. The van der Waals surface area contributed by atoms with Crippen molar-refractivity contribution in [1.29, 1.82) is 0 Å². The molecule has 5 heteroatoms. The average molecular weight is 272 g/mol. The minimum atomic E-state index is -0.365. The monoisotopic (exact) mass is 271 g/mol. The van der Waals surface area contributed by atoms with E-state index in [1.807, 2.05) is 13.0 Å². The van der Waals surface area contributed by atoms with Crippen LogP contribution < -0.4 is 5.32 Å². The van der Waals surface area contributed by atoms with Crippen LogP contribution in [0.1, 0.15) is 36.1 Å². The summed E-state index contributed by atoms with van der Waals surface area (Å²) in [5.41, 5.74) is -0.365. The first-order valence-corrected chi connectivity index (χ1v) is 6.77. The van der Waals surface area contributed by atoms with Gasteiger partial charge in [0, 0.05) is 25.5 Å².